The lowest BCUT2D eigenvalue weighted by atomic mass is 10.00. The standard InChI is InChI=1S/C15H15N3O/c1-9-4-3-5-11(8-9)13-14(17-18-15(13)16)12-6-7-19-10(12)2/h3-8H,1-2H3,(H3,16,17,18). The van der Waals surface area contributed by atoms with Crippen LogP contribution in [0.4, 0.5) is 5.82 Å². The smallest absolute Gasteiger partial charge is 0.153 e. The van der Waals surface area contributed by atoms with Crippen LogP contribution in [0.2, 0.25) is 0 Å². The summed E-state index contributed by atoms with van der Waals surface area (Å²) < 4.78 is 5.35. The summed E-state index contributed by atoms with van der Waals surface area (Å²) in [7, 11) is 0. The topological polar surface area (TPSA) is 67.8 Å². The van der Waals surface area contributed by atoms with Crippen LogP contribution in [0.15, 0.2) is 41.0 Å². The van der Waals surface area contributed by atoms with Crippen LogP contribution in [-0.4, -0.2) is 10.2 Å². The number of furan rings is 1. The molecule has 0 spiro atoms. The van der Waals surface area contributed by atoms with Crippen LogP contribution >= 0.6 is 0 Å². The second-order valence-electron chi connectivity index (χ2n) is 4.62. The summed E-state index contributed by atoms with van der Waals surface area (Å²) in [6.07, 6.45) is 1.67. The fourth-order valence-corrected chi connectivity index (χ4v) is 2.29. The van der Waals surface area contributed by atoms with E-state index in [4.69, 9.17) is 10.2 Å². The van der Waals surface area contributed by atoms with Gasteiger partial charge < -0.3 is 10.2 Å². The first-order valence-electron chi connectivity index (χ1n) is 6.12. The number of hydrogen-bond donors (Lipinski definition) is 2. The second-order valence-corrected chi connectivity index (χ2v) is 4.62. The second kappa shape index (κ2) is 4.31. The quantitative estimate of drug-likeness (QED) is 0.734. The molecule has 0 bridgehead atoms. The molecule has 4 heteroatoms. The molecule has 0 aliphatic carbocycles. The van der Waals surface area contributed by atoms with E-state index < -0.39 is 0 Å². The molecular weight excluding hydrogens is 238 g/mol. The number of anilines is 1. The Balaban J connectivity index is 2.22. The van der Waals surface area contributed by atoms with Gasteiger partial charge in [0.25, 0.3) is 0 Å². The third kappa shape index (κ3) is 1.91. The number of nitrogen functional groups attached to an aromatic ring is 1. The molecule has 0 atom stereocenters. The molecule has 96 valence electrons. The van der Waals surface area contributed by atoms with Gasteiger partial charge in [-0.3, -0.25) is 5.10 Å². The molecule has 2 heterocycles. The average Bonchev–Trinajstić information content (AvgIpc) is 2.95. The Morgan fingerprint density at radius 1 is 1.21 bits per heavy atom. The lowest BCUT2D eigenvalue weighted by Gasteiger charge is -2.05. The molecule has 3 N–H and O–H groups in total. The number of rotatable bonds is 2. The number of benzene rings is 1. The lowest BCUT2D eigenvalue weighted by molar-refractivity contribution is 0.535. The molecule has 0 amide bonds. The molecule has 3 aromatic rings. The van der Waals surface area contributed by atoms with Gasteiger partial charge in [-0.2, -0.15) is 5.10 Å². The SMILES string of the molecule is Cc1cccc(-c2c(N)n[nH]c2-c2ccoc2C)c1. The maximum absolute atomic E-state index is 6.01. The Kier molecular flexibility index (Phi) is 2.63. The molecule has 0 unspecified atom stereocenters. The predicted octanol–water partition coefficient (Wildman–Crippen LogP) is 3.54. The average molecular weight is 253 g/mol. The van der Waals surface area contributed by atoms with E-state index in [2.05, 4.69) is 29.3 Å². The van der Waals surface area contributed by atoms with Gasteiger partial charge in [-0.1, -0.05) is 29.8 Å². The van der Waals surface area contributed by atoms with Crippen molar-refractivity contribution >= 4 is 5.82 Å². The Hall–Kier alpha value is -2.49. The molecule has 0 fully saturated rings. The van der Waals surface area contributed by atoms with Gasteiger partial charge in [-0.05, 0) is 25.5 Å². The highest BCUT2D eigenvalue weighted by atomic mass is 16.3. The zero-order valence-electron chi connectivity index (χ0n) is 10.9. The van der Waals surface area contributed by atoms with E-state index in [0.29, 0.717) is 5.82 Å². The Morgan fingerprint density at radius 2 is 2.05 bits per heavy atom. The summed E-state index contributed by atoms with van der Waals surface area (Å²) in [5, 5.41) is 7.13. The molecule has 1 aromatic carbocycles. The third-order valence-corrected chi connectivity index (χ3v) is 3.23. The maximum Gasteiger partial charge on any atom is 0.153 e. The molecule has 0 aliphatic rings. The van der Waals surface area contributed by atoms with Crippen LogP contribution in [0.5, 0.6) is 0 Å². The van der Waals surface area contributed by atoms with Crippen molar-refractivity contribution in [3.8, 4) is 22.4 Å². The first-order chi connectivity index (χ1) is 9.16. The van der Waals surface area contributed by atoms with Crippen molar-refractivity contribution in [2.45, 2.75) is 13.8 Å². The van der Waals surface area contributed by atoms with Crippen molar-refractivity contribution in [1.29, 1.82) is 0 Å². The maximum atomic E-state index is 6.01. The van der Waals surface area contributed by atoms with Crippen molar-refractivity contribution in [2.24, 2.45) is 0 Å². The highest BCUT2D eigenvalue weighted by Gasteiger charge is 2.17. The summed E-state index contributed by atoms with van der Waals surface area (Å²) in [4.78, 5) is 0. The largest absolute Gasteiger partial charge is 0.469 e. The zero-order valence-corrected chi connectivity index (χ0v) is 10.9. The van der Waals surface area contributed by atoms with Gasteiger partial charge >= 0.3 is 0 Å². The van der Waals surface area contributed by atoms with E-state index in [0.717, 1.165) is 28.1 Å². The first-order valence-corrected chi connectivity index (χ1v) is 6.12. The number of nitrogens with one attached hydrogen (secondary N) is 1. The summed E-state index contributed by atoms with van der Waals surface area (Å²) >= 11 is 0. The van der Waals surface area contributed by atoms with Gasteiger partial charge in [0.1, 0.15) is 5.76 Å². The molecule has 0 saturated heterocycles. The monoisotopic (exact) mass is 253 g/mol. The summed E-state index contributed by atoms with van der Waals surface area (Å²) in [5.41, 5.74) is 11.1. The minimum Gasteiger partial charge on any atom is -0.469 e. The van der Waals surface area contributed by atoms with Crippen LogP contribution < -0.4 is 5.73 Å². The van der Waals surface area contributed by atoms with E-state index >= 15 is 0 Å². The number of nitrogens with two attached hydrogens (primary N) is 1. The fraction of sp³-hybridized carbons (Fsp3) is 0.133. The molecular formula is C15H15N3O. The Morgan fingerprint density at radius 3 is 2.74 bits per heavy atom. The molecule has 3 rings (SSSR count). The van der Waals surface area contributed by atoms with E-state index in [9.17, 15) is 0 Å². The van der Waals surface area contributed by atoms with Crippen molar-refractivity contribution in [3.63, 3.8) is 0 Å². The van der Waals surface area contributed by atoms with E-state index in [1.54, 1.807) is 6.26 Å². The third-order valence-electron chi connectivity index (χ3n) is 3.23. The number of nitrogens with zero attached hydrogens (tertiary/aromatic N) is 1. The van der Waals surface area contributed by atoms with Gasteiger partial charge in [0.05, 0.1) is 17.5 Å². The van der Waals surface area contributed by atoms with Crippen molar-refractivity contribution < 1.29 is 4.42 Å². The molecule has 19 heavy (non-hydrogen) atoms. The Bertz CT molecular complexity index is 725. The number of hydrogen-bond acceptors (Lipinski definition) is 3. The van der Waals surface area contributed by atoms with Gasteiger partial charge in [0.2, 0.25) is 0 Å². The summed E-state index contributed by atoms with van der Waals surface area (Å²) in [6.45, 7) is 3.98. The predicted molar refractivity (Wildman–Crippen MR) is 75.6 cm³/mol. The van der Waals surface area contributed by atoms with Crippen LogP contribution in [0.3, 0.4) is 0 Å². The van der Waals surface area contributed by atoms with Crippen LogP contribution in [0, 0.1) is 13.8 Å². The minimum atomic E-state index is 0.501. The molecule has 2 aromatic heterocycles. The minimum absolute atomic E-state index is 0.501. The summed E-state index contributed by atoms with van der Waals surface area (Å²) in [5.74, 6) is 1.35. The van der Waals surface area contributed by atoms with E-state index in [1.165, 1.54) is 5.56 Å². The summed E-state index contributed by atoms with van der Waals surface area (Å²) in [6, 6.07) is 10.1. The number of aromatic amines is 1. The van der Waals surface area contributed by atoms with Crippen molar-refractivity contribution in [3.05, 3.63) is 47.9 Å². The van der Waals surface area contributed by atoms with E-state index in [1.807, 2.05) is 25.1 Å². The van der Waals surface area contributed by atoms with Gasteiger partial charge in [-0.25, -0.2) is 0 Å². The van der Waals surface area contributed by atoms with Crippen LogP contribution in [0.25, 0.3) is 22.4 Å². The molecule has 4 nitrogen and oxygen atoms in total. The number of aryl methyl sites for hydroxylation is 2. The molecule has 0 saturated carbocycles. The van der Waals surface area contributed by atoms with Crippen molar-refractivity contribution in [2.75, 3.05) is 5.73 Å². The van der Waals surface area contributed by atoms with Gasteiger partial charge in [-0.15, -0.1) is 0 Å². The normalized spacial score (nSPS) is 10.8. The number of aromatic nitrogens is 2. The highest BCUT2D eigenvalue weighted by Crippen LogP contribution is 2.36. The lowest BCUT2D eigenvalue weighted by Crippen LogP contribution is -1.89. The van der Waals surface area contributed by atoms with Crippen molar-refractivity contribution in [1.82, 2.24) is 10.2 Å². The van der Waals surface area contributed by atoms with Crippen LogP contribution in [0.1, 0.15) is 11.3 Å². The van der Waals surface area contributed by atoms with Crippen LogP contribution in [-0.2, 0) is 0 Å². The Labute approximate surface area is 111 Å². The van der Waals surface area contributed by atoms with Gasteiger partial charge in [0.15, 0.2) is 5.82 Å². The molecule has 0 aliphatic heterocycles. The zero-order chi connectivity index (χ0) is 13.4. The molecule has 0 radical (unpaired) electrons. The first kappa shape index (κ1) is 11.6. The highest BCUT2D eigenvalue weighted by molar-refractivity contribution is 5.88. The van der Waals surface area contributed by atoms with Gasteiger partial charge in [0, 0.05) is 5.56 Å². The fourth-order valence-electron chi connectivity index (χ4n) is 2.29. The van der Waals surface area contributed by atoms with E-state index in [-0.39, 0.29) is 0 Å². The number of H-pyrrole nitrogens is 1.